The highest BCUT2D eigenvalue weighted by atomic mass is 35.5. The fraction of sp³-hybridized carbons (Fsp3) is 0.167. The quantitative estimate of drug-likeness (QED) is 0.875. The van der Waals surface area contributed by atoms with Gasteiger partial charge in [0.25, 0.3) is 0 Å². The Morgan fingerprint density at radius 1 is 1.18 bits per heavy atom. The Balaban J connectivity index is 2.39. The van der Waals surface area contributed by atoms with Gasteiger partial charge in [-0.2, -0.15) is 0 Å². The summed E-state index contributed by atoms with van der Waals surface area (Å²) in [4.78, 5) is 0.567. The van der Waals surface area contributed by atoms with E-state index in [0.29, 0.717) is 9.21 Å². The Hall–Kier alpha value is -0.970. The van der Waals surface area contributed by atoms with Crippen molar-refractivity contribution in [3.05, 3.63) is 56.2 Å². The Morgan fingerprint density at radius 3 is 2.24 bits per heavy atom. The molecule has 1 aromatic carbocycles. The van der Waals surface area contributed by atoms with Crippen LogP contribution in [-0.2, 0) is 0 Å². The van der Waals surface area contributed by atoms with E-state index in [1.165, 1.54) is 11.3 Å². The number of aryl methyl sites for hydroxylation is 1. The van der Waals surface area contributed by atoms with E-state index in [4.69, 9.17) is 11.6 Å². The normalized spacial score (nSPS) is 12.8. The number of aliphatic hydroxyl groups is 1. The molecule has 0 amide bonds. The summed E-state index contributed by atoms with van der Waals surface area (Å²) in [6, 6.07) is 4.69. The summed E-state index contributed by atoms with van der Waals surface area (Å²) >= 11 is 7.08. The summed E-state index contributed by atoms with van der Waals surface area (Å²) in [7, 11) is 0. The second-order valence-electron chi connectivity index (χ2n) is 3.71. The van der Waals surface area contributed by atoms with Crippen molar-refractivity contribution in [2.45, 2.75) is 13.0 Å². The Bertz CT molecular complexity index is 514. The van der Waals surface area contributed by atoms with Crippen LogP contribution in [0.1, 0.15) is 22.1 Å². The van der Waals surface area contributed by atoms with Gasteiger partial charge in [-0.1, -0.05) is 11.6 Å². The monoisotopic (exact) mass is 274 g/mol. The van der Waals surface area contributed by atoms with Crippen molar-refractivity contribution >= 4 is 22.9 Å². The number of rotatable bonds is 2. The Labute approximate surface area is 106 Å². The maximum atomic E-state index is 13.0. The summed E-state index contributed by atoms with van der Waals surface area (Å²) in [6.07, 6.45) is -1.06. The van der Waals surface area contributed by atoms with Gasteiger partial charge >= 0.3 is 0 Å². The molecule has 1 heterocycles. The lowest BCUT2D eigenvalue weighted by molar-refractivity contribution is 0.223. The van der Waals surface area contributed by atoms with Crippen LogP contribution in [0.4, 0.5) is 8.78 Å². The second kappa shape index (κ2) is 4.72. The lowest BCUT2D eigenvalue weighted by atomic mass is 10.1. The molecule has 0 spiro atoms. The second-order valence-corrected chi connectivity index (χ2v) is 5.40. The molecule has 2 aromatic rings. The zero-order chi connectivity index (χ0) is 12.6. The first-order valence-electron chi connectivity index (χ1n) is 4.87. The fourth-order valence-corrected chi connectivity index (χ4v) is 2.75. The van der Waals surface area contributed by atoms with Gasteiger partial charge in [0.05, 0.1) is 4.34 Å². The van der Waals surface area contributed by atoms with E-state index in [1.807, 2.05) is 0 Å². The van der Waals surface area contributed by atoms with Gasteiger partial charge in [-0.05, 0) is 36.2 Å². The highest BCUT2D eigenvalue weighted by molar-refractivity contribution is 7.16. The molecule has 1 nitrogen and oxygen atoms in total. The number of hydrogen-bond acceptors (Lipinski definition) is 2. The van der Waals surface area contributed by atoms with Crippen molar-refractivity contribution in [2.24, 2.45) is 0 Å². The van der Waals surface area contributed by atoms with Crippen molar-refractivity contribution < 1.29 is 13.9 Å². The molecule has 0 aliphatic rings. The van der Waals surface area contributed by atoms with E-state index in [9.17, 15) is 13.9 Å². The molecule has 1 unspecified atom stereocenters. The number of thiophene rings is 1. The zero-order valence-electron chi connectivity index (χ0n) is 8.88. The first-order valence-corrected chi connectivity index (χ1v) is 6.06. The lowest BCUT2D eigenvalue weighted by Crippen LogP contribution is -1.98. The van der Waals surface area contributed by atoms with E-state index < -0.39 is 17.7 Å². The number of hydrogen-bond donors (Lipinski definition) is 1. The SMILES string of the molecule is Cc1cc(C(O)c2cc(F)cc(F)c2)sc1Cl. The van der Waals surface area contributed by atoms with Crippen molar-refractivity contribution in [3.8, 4) is 0 Å². The van der Waals surface area contributed by atoms with Gasteiger partial charge in [0, 0.05) is 10.9 Å². The van der Waals surface area contributed by atoms with Crippen LogP contribution < -0.4 is 0 Å². The minimum atomic E-state index is -1.06. The molecule has 0 radical (unpaired) electrons. The molecule has 0 bridgehead atoms. The molecule has 0 aliphatic carbocycles. The van der Waals surface area contributed by atoms with Crippen LogP contribution >= 0.6 is 22.9 Å². The smallest absolute Gasteiger partial charge is 0.126 e. The average Bonchev–Trinajstić information content (AvgIpc) is 2.57. The van der Waals surface area contributed by atoms with Gasteiger partial charge < -0.3 is 5.11 Å². The molecule has 5 heteroatoms. The molecule has 0 fully saturated rings. The van der Waals surface area contributed by atoms with E-state index in [1.54, 1.807) is 13.0 Å². The maximum absolute atomic E-state index is 13.0. The van der Waals surface area contributed by atoms with E-state index in [0.717, 1.165) is 23.8 Å². The van der Waals surface area contributed by atoms with E-state index in [2.05, 4.69) is 0 Å². The molecule has 1 aromatic heterocycles. The molecule has 0 saturated heterocycles. The number of aliphatic hydroxyl groups excluding tert-OH is 1. The topological polar surface area (TPSA) is 20.2 Å². The molecule has 17 heavy (non-hydrogen) atoms. The minimum Gasteiger partial charge on any atom is -0.383 e. The van der Waals surface area contributed by atoms with Gasteiger partial charge in [0.15, 0.2) is 0 Å². The van der Waals surface area contributed by atoms with Crippen molar-refractivity contribution in [1.82, 2.24) is 0 Å². The molecule has 1 N–H and O–H groups in total. The summed E-state index contributed by atoms with van der Waals surface area (Å²) in [5.41, 5.74) is 1.02. The Kier molecular flexibility index (Phi) is 3.47. The average molecular weight is 275 g/mol. The van der Waals surface area contributed by atoms with Crippen molar-refractivity contribution in [3.63, 3.8) is 0 Å². The summed E-state index contributed by atoms with van der Waals surface area (Å²) < 4.78 is 26.6. The van der Waals surface area contributed by atoms with Gasteiger partial charge in [0.2, 0.25) is 0 Å². The van der Waals surface area contributed by atoms with Gasteiger partial charge in [-0.15, -0.1) is 11.3 Å². The van der Waals surface area contributed by atoms with Gasteiger partial charge in [-0.25, -0.2) is 8.78 Å². The van der Waals surface area contributed by atoms with Crippen LogP contribution in [0.15, 0.2) is 24.3 Å². The third kappa shape index (κ3) is 2.65. The fourth-order valence-electron chi connectivity index (χ4n) is 1.52. The van der Waals surface area contributed by atoms with Gasteiger partial charge in [0.1, 0.15) is 17.7 Å². The van der Waals surface area contributed by atoms with Crippen LogP contribution in [0.5, 0.6) is 0 Å². The van der Waals surface area contributed by atoms with Crippen molar-refractivity contribution in [2.75, 3.05) is 0 Å². The summed E-state index contributed by atoms with van der Waals surface area (Å²) in [5.74, 6) is -1.42. The van der Waals surface area contributed by atoms with Crippen LogP contribution in [-0.4, -0.2) is 5.11 Å². The first kappa shape index (κ1) is 12.5. The highest BCUT2D eigenvalue weighted by Gasteiger charge is 2.16. The molecular weight excluding hydrogens is 266 g/mol. The molecular formula is C12H9ClF2OS. The highest BCUT2D eigenvalue weighted by Crippen LogP contribution is 2.34. The lowest BCUT2D eigenvalue weighted by Gasteiger charge is -2.08. The molecule has 1 atom stereocenters. The first-order chi connectivity index (χ1) is 7.97. The number of benzene rings is 1. The van der Waals surface area contributed by atoms with E-state index >= 15 is 0 Å². The Morgan fingerprint density at radius 2 is 1.76 bits per heavy atom. The maximum Gasteiger partial charge on any atom is 0.126 e. The van der Waals surface area contributed by atoms with E-state index in [-0.39, 0.29) is 5.56 Å². The number of halogens is 3. The largest absolute Gasteiger partial charge is 0.383 e. The van der Waals surface area contributed by atoms with Crippen LogP contribution in [0.2, 0.25) is 4.34 Å². The van der Waals surface area contributed by atoms with Crippen molar-refractivity contribution in [1.29, 1.82) is 0 Å². The minimum absolute atomic E-state index is 0.181. The van der Waals surface area contributed by atoms with Crippen LogP contribution in [0.3, 0.4) is 0 Å². The molecule has 0 saturated carbocycles. The molecule has 2 rings (SSSR count). The zero-order valence-corrected chi connectivity index (χ0v) is 10.4. The standard InChI is InChI=1S/C12H9ClF2OS/c1-6-2-10(17-12(6)13)11(16)7-3-8(14)5-9(15)4-7/h2-5,11,16H,1H3. The third-order valence-corrected chi connectivity index (χ3v) is 3.95. The van der Waals surface area contributed by atoms with Crippen LogP contribution in [0.25, 0.3) is 0 Å². The molecule has 0 aliphatic heterocycles. The third-order valence-electron chi connectivity index (χ3n) is 2.35. The molecule has 90 valence electrons. The van der Waals surface area contributed by atoms with Crippen LogP contribution in [0, 0.1) is 18.6 Å². The predicted octanol–water partition coefficient (Wildman–Crippen LogP) is 4.07. The summed E-state index contributed by atoms with van der Waals surface area (Å²) in [5, 5.41) is 10.00. The van der Waals surface area contributed by atoms with Gasteiger partial charge in [-0.3, -0.25) is 0 Å². The summed E-state index contributed by atoms with van der Waals surface area (Å²) in [6.45, 7) is 1.81. The predicted molar refractivity (Wildman–Crippen MR) is 64.5 cm³/mol.